The third-order valence-electron chi connectivity index (χ3n) is 5.90. The molecule has 2 amide bonds. The first-order valence-corrected chi connectivity index (χ1v) is 11.3. The molecule has 0 aliphatic heterocycles. The van der Waals surface area contributed by atoms with Gasteiger partial charge in [-0.3, -0.25) is 9.59 Å². The highest BCUT2D eigenvalue weighted by atomic mass is 35.5. The van der Waals surface area contributed by atoms with Crippen molar-refractivity contribution in [3.63, 3.8) is 0 Å². The predicted octanol–water partition coefficient (Wildman–Crippen LogP) is 4.76. The maximum Gasteiger partial charge on any atom is 0.242 e. The number of nitrogens with zero attached hydrogens (tertiary/aromatic N) is 1. The lowest BCUT2D eigenvalue weighted by Gasteiger charge is -2.31. The van der Waals surface area contributed by atoms with Crippen LogP contribution in [0.4, 0.5) is 0 Å². The summed E-state index contributed by atoms with van der Waals surface area (Å²) in [5.74, 6) is 0.570. The molecular weight excluding hydrogens is 412 g/mol. The molecule has 0 radical (unpaired) electrons. The van der Waals surface area contributed by atoms with E-state index in [1.807, 2.05) is 36.4 Å². The van der Waals surface area contributed by atoms with E-state index in [1.54, 1.807) is 31.1 Å². The minimum absolute atomic E-state index is 0.0927. The summed E-state index contributed by atoms with van der Waals surface area (Å²) in [6.45, 7) is 2.16. The Labute approximate surface area is 189 Å². The van der Waals surface area contributed by atoms with E-state index in [4.69, 9.17) is 16.3 Å². The smallest absolute Gasteiger partial charge is 0.242 e. The zero-order chi connectivity index (χ0) is 22.2. The predicted molar refractivity (Wildman–Crippen MR) is 123 cm³/mol. The van der Waals surface area contributed by atoms with Crippen molar-refractivity contribution < 1.29 is 14.3 Å². The number of halogens is 1. The van der Waals surface area contributed by atoms with E-state index >= 15 is 0 Å². The molecule has 5 nitrogen and oxygen atoms in total. The third-order valence-corrected chi connectivity index (χ3v) is 6.15. The van der Waals surface area contributed by atoms with Crippen LogP contribution in [0.3, 0.4) is 0 Å². The molecule has 0 aromatic heterocycles. The van der Waals surface area contributed by atoms with E-state index in [0.717, 1.165) is 42.6 Å². The number of amides is 2. The van der Waals surface area contributed by atoms with E-state index in [0.29, 0.717) is 11.6 Å². The minimum Gasteiger partial charge on any atom is -0.497 e. The standard InChI is InChI=1S/C25H31ClN2O3/c1-18(25(30)27-22-6-4-3-5-7-22)28(17-20-10-14-23(31-2)15-11-20)24(29)16-19-8-12-21(26)13-9-19/h8-15,18,22H,3-7,16-17H2,1-2H3,(H,27,30)/t18-/m0/s1. The average Bonchev–Trinajstić information content (AvgIpc) is 2.79. The molecule has 166 valence electrons. The van der Waals surface area contributed by atoms with Crippen molar-refractivity contribution in [1.82, 2.24) is 10.2 Å². The lowest BCUT2D eigenvalue weighted by molar-refractivity contribution is -0.140. The molecule has 31 heavy (non-hydrogen) atoms. The first kappa shape index (κ1) is 23.1. The molecule has 0 unspecified atom stereocenters. The quantitative estimate of drug-likeness (QED) is 0.641. The maximum atomic E-state index is 13.3. The normalized spacial score (nSPS) is 15.2. The molecule has 1 atom stereocenters. The number of benzene rings is 2. The van der Waals surface area contributed by atoms with Gasteiger partial charge in [-0.15, -0.1) is 0 Å². The number of hydrogen-bond acceptors (Lipinski definition) is 3. The molecule has 1 aliphatic carbocycles. The molecule has 1 N–H and O–H groups in total. The molecule has 2 aromatic carbocycles. The zero-order valence-electron chi connectivity index (χ0n) is 18.3. The van der Waals surface area contributed by atoms with Crippen molar-refractivity contribution in [3.05, 3.63) is 64.7 Å². The molecule has 3 rings (SSSR count). The number of carbonyl (C=O) groups excluding carboxylic acids is 2. The second kappa shape index (κ2) is 11.2. The van der Waals surface area contributed by atoms with Crippen molar-refractivity contribution >= 4 is 23.4 Å². The Morgan fingerprint density at radius 3 is 2.26 bits per heavy atom. The van der Waals surface area contributed by atoms with Crippen LogP contribution in [0.15, 0.2) is 48.5 Å². The van der Waals surface area contributed by atoms with Gasteiger partial charge < -0.3 is 15.0 Å². The van der Waals surface area contributed by atoms with E-state index in [2.05, 4.69) is 5.32 Å². The Morgan fingerprint density at radius 2 is 1.65 bits per heavy atom. The summed E-state index contributed by atoms with van der Waals surface area (Å²) >= 11 is 5.97. The Bertz CT molecular complexity index is 861. The van der Waals surface area contributed by atoms with Crippen molar-refractivity contribution in [1.29, 1.82) is 0 Å². The van der Waals surface area contributed by atoms with E-state index in [1.165, 1.54) is 6.42 Å². The van der Waals surface area contributed by atoms with E-state index in [9.17, 15) is 9.59 Å². The minimum atomic E-state index is -0.566. The van der Waals surface area contributed by atoms with Gasteiger partial charge in [0.15, 0.2) is 0 Å². The van der Waals surface area contributed by atoms with Crippen molar-refractivity contribution in [3.8, 4) is 5.75 Å². The Kier molecular flexibility index (Phi) is 8.35. The van der Waals surface area contributed by atoms with Crippen molar-refractivity contribution in [2.75, 3.05) is 7.11 Å². The summed E-state index contributed by atoms with van der Waals surface area (Å²) in [7, 11) is 1.62. The fourth-order valence-electron chi connectivity index (χ4n) is 3.96. The number of methoxy groups -OCH3 is 1. The van der Waals surface area contributed by atoms with Gasteiger partial charge in [-0.2, -0.15) is 0 Å². The van der Waals surface area contributed by atoms with Gasteiger partial charge in [0, 0.05) is 17.6 Å². The molecule has 1 fully saturated rings. The fraction of sp³-hybridized carbons (Fsp3) is 0.440. The van der Waals surface area contributed by atoms with E-state index in [-0.39, 0.29) is 24.3 Å². The van der Waals surface area contributed by atoms with Gasteiger partial charge in [-0.1, -0.05) is 55.1 Å². The first-order valence-electron chi connectivity index (χ1n) is 10.9. The number of carbonyl (C=O) groups is 2. The molecule has 1 aliphatic rings. The van der Waals surface area contributed by atoms with Crippen LogP contribution in [-0.4, -0.2) is 35.9 Å². The summed E-state index contributed by atoms with van der Waals surface area (Å²) in [5.41, 5.74) is 1.82. The Morgan fingerprint density at radius 1 is 1.03 bits per heavy atom. The summed E-state index contributed by atoms with van der Waals surface area (Å²) in [5, 5.41) is 3.79. The molecule has 6 heteroatoms. The van der Waals surface area contributed by atoms with Crippen LogP contribution in [-0.2, 0) is 22.6 Å². The Hall–Kier alpha value is -2.53. The first-order chi connectivity index (χ1) is 15.0. The van der Waals surface area contributed by atoms with Gasteiger partial charge in [-0.05, 0) is 55.2 Å². The number of nitrogens with one attached hydrogen (secondary N) is 1. The number of hydrogen-bond donors (Lipinski definition) is 1. The van der Waals surface area contributed by atoms with Crippen LogP contribution in [0.25, 0.3) is 0 Å². The maximum absolute atomic E-state index is 13.3. The molecule has 0 spiro atoms. The van der Waals surface area contributed by atoms with E-state index < -0.39 is 6.04 Å². The second-order valence-corrected chi connectivity index (χ2v) is 8.63. The molecule has 0 saturated heterocycles. The summed E-state index contributed by atoms with van der Waals surface area (Å²) in [4.78, 5) is 27.9. The highest BCUT2D eigenvalue weighted by Gasteiger charge is 2.28. The van der Waals surface area contributed by atoms with Crippen molar-refractivity contribution in [2.45, 2.75) is 64.1 Å². The highest BCUT2D eigenvalue weighted by molar-refractivity contribution is 6.30. The SMILES string of the molecule is COc1ccc(CN(C(=O)Cc2ccc(Cl)cc2)[C@@H](C)C(=O)NC2CCCCC2)cc1. The van der Waals surface area contributed by atoms with Gasteiger partial charge >= 0.3 is 0 Å². The number of ether oxygens (including phenoxy) is 1. The Balaban J connectivity index is 1.74. The summed E-state index contributed by atoms with van der Waals surface area (Å²) in [6, 6.07) is 14.5. The van der Waals surface area contributed by atoms with Gasteiger partial charge in [0.1, 0.15) is 11.8 Å². The highest BCUT2D eigenvalue weighted by Crippen LogP contribution is 2.20. The monoisotopic (exact) mass is 442 g/mol. The van der Waals surface area contributed by atoms with Crippen LogP contribution < -0.4 is 10.1 Å². The van der Waals surface area contributed by atoms with Crippen LogP contribution in [0.1, 0.15) is 50.2 Å². The van der Waals surface area contributed by atoms with Crippen LogP contribution in [0.2, 0.25) is 5.02 Å². The lowest BCUT2D eigenvalue weighted by Crippen LogP contribution is -2.50. The summed E-state index contributed by atoms with van der Waals surface area (Å²) in [6.07, 6.45) is 5.75. The van der Waals surface area contributed by atoms with Crippen LogP contribution in [0, 0.1) is 0 Å². The third kappa shape index (κ3) is 6.73. The largest absolute Gasteiger partial charge is 0.497 e. The van der Waals surface area contributed by atoms with Crippen LogP contribution in [0.5, 0.6) is 5.75 Å². The van der Waals surface area contributed by atoms with Crippen LogP contribution >= 0.6 is 11.6 Å². The van der Waals surface area contributed by atoms with Gasteiger partial charge in [0.2, 0.25) is 11.8 Å². The molecular formula is C25H31ClN2O3. The molecule has 0 bridgehead atoms. The summed E-state index contributed by atoms with van der Waals surface area (Å²) < 4.78 is 5.23. The lowest BCUT2D eigenvalue weighted by atomic mass is 9.95. The topological polar surface area (TPSA) is 58.6 Å². The zero-order valence-corrected chi connectivity index (χ0v) is 19.0. The van der Waals surface area contributed by atoms with Crippen molar-refractivity contribution in [2.24, 2.45) is 0 Å². The molecule has 0 heterocycles. The van der Waals surface area contributed by atoms with Gasteiger partial charge in [0.05, 0.1) is 13.5 Å². The molecule has 2 aromatic rings. The van der Waals surface area contributed by atoms with Gasteiger partial charge in [-0.25, -0.2) is 0 Å². The fourth-order valence-corrected chi connectivity index (χ4v) is 4.08. The number of rotatable bonds is 8. The van der Waals surface area contributed by atoms with Gasteiger partial charge in [0.25, 0.3) is 0 Å². The average molecular weight is 443 g/mol. The molecule has 1 saturated carbocycles. The second-order valence-electron chi connectivity index (χ2n) is 8.19.